The first-order valence-corrected chi connectivity index (χ1v) is 12.0. The molecule has 0 bridgehead atoms. The molecule has 1 atom stereocenters. The van der Waals surface area contributed by atoms with E-state index in [9.17, 15) is 9.59 Å². The Hall–Kier alpha value is -2.66. The van der Waals surface area contributed by atoms with Crippen LogP contribution in [0.25, 0.3) is 5.57 Å². The van der Waals surface area contributed by atoms with Crippen LogP contribution in [-0.4, -0.2) is 52.5 Å². The molecule has 1 aromatic carbocycles. The molecule has 0 spiro atoms. The molecule has 1 fully saturated rings. The second kappa shape index (κ2) is 9.86. The normalized spacial score (nSPS) is 19.3. The molecule has 0 aliphatic carbocycles. The van der Waals surface area contributed by atoms with Crippen LogP contribution in [0.2, 0.25) is 0 Å². The lowest BCUT2D eigenvalue weighted by Gasteiger charge is -2.30. The van der Waals surface area contributed by atoms with Gasteiger partial charge in [0.2, 0.25) is 0 Å². The molecule has 0 N–H and O–H groups in total. The standard InChI is InChI=1S/C27H35N3O2/c1-4-24-26(25(31)18-20(3)30(24)19-23-12-9-15-28(23)5-2)27(32)29-16-13-22(14-17-29)21-10-7-6-8-11-21/h6-8,10-11,13,18,23H,4-5,9,12,14-17,19H2,1-3H3/t23-/m1/s1. The fourth-order valence-electron chi connectivity index (χ4n) is 5.34. The van der Waals surface area contributed by atoms with Gasteiger partial charge in [-0.25, -0.2) is 0 Å². The lowest BCUT2D eigenvalue weighted by atomic mass is 9.98. The van der Waals surface area contributed by atoms with Crippen LogP contribution in [0.3, 0.4) is 0 Å². The fraction of sp³-hybridized carbons (Fsp3) is 0.481. The van der Waals surface area contributed by atoms with Gasteiger partial charge in [-0.15, -0.1) is 0 Å². The molecular formula is C27H35N3O2. The molecule has 2 aliphatic heterocycles. The van der Waals surface area contributed by atoms with E-state index in [4.69, 9.17) is 0 Å². The highest BCUT2D eigenvalue weighted by molar-refractivity contribution is 5.96. The number of aromatic nitrogens is 1. The van der Waals surface area contributed by atoms with Gasteiger partial charge in [0.25, 0.3) is 5.91 Å². The molecule has 170 valence electrons. The van der Waals surface area contributed by atoms with Crippen LogP contribution in [0.4, 0.5) is 0 Å². The number of carbonyl (C=O) groups is 1. The van der Waals surface area contributed by atoms with Crippen molar-refractivity contribution >= 4 is 11.5 Å². The van der Waals surface area contributed by atoms with E-state index in [-0.39, 0.29) is 11.3 Å². The molecule has 1 aromatic heterocycles. The predicted molar refractivity (Wildman–Crippen MR) is 130 cm³/mol. The van der Waals surface area contributed by atoms with Crippen LogP contribution < -0.4 is 5.43 Å². The first-order valence-electron chi connectivity index (χ1n) is 12.0. The number of hydrogen-bond acceptors (Lipinski definition) is 3. The Morgan fingerprint density at radius 3 is 2.56 bits per heavy atom. The summed E-state index contributed by atoms with van der Waals surface area (Å²) < 4.78 is 2.24. The van der Waals surface area contributed by atoms with Crippen LogP contribution in [0.15, 0.2) is 47.3 Å². The van der Waals surface area contributed by atoms with Crippen LogP contribution >= 0.6 is 0 Å². The summed E-state index contributed by atoms with van der Waals surface area (Å²) in [7, 11) is 0. The Bertz CT molecular complexity index is 1050. The maximum atomic E-state index is 13.5. The lowest BCUT2D eigenvalue weighted by molar-refractivity contribution is 0.0769. The summed E-state index contributed by atoms with van der Waals surface area (Å²) in [6.45, 7) is 10.5. The van der Waals surface area contributed by atoms with Crippen LogP contribution in [0, 0.1) is 6.92 Å². The summed E-state index contributed by atoms with van der Waals surface area (Å²) in [5, 5.41) is 0. The molecule has 1 saturated heterocycles. The van der Waals surface area contributed by atoms with Crippen molar-refractivity contribution in [1.82, 2.24) is 14.4 Å². The van der Waals surface area contributed by atoms with E-state index in [1.165, 1.54) is 24.0 Å². The number of rotatable bonds is 6. The number of pyridine rings is 1. The third kappa shape index (κ3) is 4.44. The molecule has 4 rings (SSSR count). The van der Waals surface area contributed by atoms with Crippen LogP contribution in [0.5, 0.6) is 0 Å². The quantitative estimate of drug-likeness (QED) is 0.688. The smallest absolute Gasteiger partial charge is 0.259 e. The Morgan fingerprint density at radius 1 is 1.12 bits per heavy atom. The molecule has 0 radical (unpaired) electrons. The van der Waals surface area contributed by atoms with Crippen molar-refractivity contribution in [2.45, 2.75) is 59.0 Å². The molecular weight excluding hydrogens is 398 g/mol. The molecule has 3 heterocycles. The number of amides is 1. The number of hydrogen-bond donors (Lipinski definition) is 0. The zero-order chi connectivity index (χ0) is 22.7. The van der Waals surface area contributed by atoms with Crippen molar-refractivity contribution < 1.29 is 4.79 Å². The van der Waals surface area contributed by atoms with Crippen molar-refractivity contribution in [2.24, 2.45) is 0 Å². The molecule has 5 heteroatoms. The van der Waals surface area contributed by atoms with Gasteiger partial charge < -0.3 is 9.47 Å². The molecule has 1 amide bonds. The zero-order valence-corrected chi connectivity index (χ0v) is 19.6. The predicted octanol–water partition coefficient (Wildman–Crippen LogP) is 4.13. The van der Waals surface area contributed by atoms with Crippen molar-refractivity contribution in [1.29, 1.82) is 0 Å². The van der Waals surface area contributed by atoms with Crippen molar-refractivity contribution in [3.8, 4) is 0 Å². The van der Waals surface area contributed by atoms with Gasteiger partial charge >= 0.3 is 0 Å². The summed E-state index contributed by atoms with van der Waals surface area (Å²) >= 11 is 0. The Kier molecular flexibility index (Phi) is 6.95. The SMILES string of the molecule is CCc1c(C(=O)N2CC=C(c3ccccc3)CC2)c(=O)cc(C)n1C[C@H]1CCCN1CC. The van der Waals surface area contributed by atoms with E-state index in [0.29, 0.717) is 31.1 Å². The van der Waals surface area contributed by atoms with Crippen molar-refractivity contribution in [3.63, 3.8) is 0 Å². The van der Waals surface area contributed by atoms with Crippen LogP contribution in [0.1, 0.15) is 60.4 Å². The topological polar surface area (TPSA) is 45.6 Å². The van der Waals surface area contributed by atoms with E-state index >= 15 is 0 Å². The third-order valence-electron chi connectivity index (χ3n) is 7.11. The third-order valence-corrected chi connectivity index (χ3v) is 7.11. The highest BCUT2D eigenvalue weighted by atomic mass is 16.2. The maximum Gasteiger partial charge on any atom is 0.259 e. The van der Waals surface area contributed by atoms with Crippen LogP contribution in [-0.2, 0) is 13.0 Å². The van der Waals surface area contributed by atoms with Crippen molar-refractivity contribution in [2.75, 3.05) is 26.2 Å². The van der Waals surface area contributed by atoms with Crippen molar-refractivity contribution in [3.05, 3.63) is 75.2 Å². The van der Waals surface area contributed by atoms with E-state index in [2.05, 4.69) is 41.5 Å². The number of likely N-dealkylation sites (N-methyl/N-ethyl adjacent to an activating group) is 1. The van der Waals surface area contributed by atoms with Gasteiger partial charge in [0, 0.05) is 43.1 Å². The summed E-state index contributed by atoms with van der Waals surface area (Å²) in [4.78, 5) is 30.9. The van der Waals surface area contributed by atoms with Gasteiger partial charge in [0.05, 0.1) is 0 Å². The molecule has 32 heavy (non-hydrogen) atoms. The molecule has 5 nitrogen and oxygen atoms in total. The largest absolute Gasteiger partial charge is 0.346 e. The maximum absolute atomic E-state index is 13.5. The van der Waals surface area contributed by atoms with E-state index in [1.807, 2.05) is 30.0 Å². The monoisotopic (exact) mass is 433 g/mol. The summed E-state index contributed by atoms with van der Waals surface area (Å²) in [5.41, 5.74) is 4.56. The highest BCUT2D eigenvalue weighted by Gasteiger charge is 2.28. The fourth-order valence-corrected chi connectivity index (χ4v) is 5.34. The number of benzene rings is 1. The summed E-state index contributed by atoms with van der Waals surface area (Å²) in [5.74, 6) is -0.122. The first kappa shape index (κ1) is 22.5. The Labute approximate surface area is 191 Å². The molecule has 2 aliphatic rings. The minimum atomic E-state index is -0.141. The summed E-state index contributed by atoms with van der Waals surface area (Å²) in [6, 6.07) is 12.5. The minimum absolute atomic E-state index is 0.122. The molecule has 0 unspecified atom stereocenters. The van der Waals surface area contributed by atoms with E-state index < -0.39 is 0 Å². The molecule has 2 aromatic rings. The number of likely N-dealkylation sites (tertiary alicyclic amines) is 1. The highest BCUT2D eigenvalue weighted by Crippen LogP contribution is 2.24. The average molecular weight is 434 g/mol. The lowest BCUT2D eigenvalue weighted by Crippen LogP contribution is -2.40. The Balaban J connectivity index is 1.61. The Morgan fingerprint density at radius 2 is 1.91 bits per heavy atom. The number of aryl methyl sites for hydroxylation is 1. The van der Waals surface area contributed by atoms with Gasteiger partial charge in [-0.1, -0.05) is 50.3 Å². The second-order valence-corrected chi connectivity index (χ2v) is 8.96. The number of carbonyl (C=O) groups excluding carboxylic acids is 1. The van der Waals surface area contributed by atoms with Gasteiger partial charge in [0.15, 0.2) is 5.43 Å². The zero-order valence-electron chi connectivity index (χ0n) is 19.6. The number of nitrogens with zero attached hydrogens (tertiary/aromatic N) is 3. The molecule has 0 saturated carbocycles. The van der Waals surface area contributed by atoms with Gasteiger partial charge in [-0.2, -0.15) is 0 Å². The van der Waals surface area contributed by atoms with E-state index in [0.717, 1.165) is 37.4 Å². The van der Waals surface area contributed by atoms with E-state index in [1.54, 1.807) is 6.07 Å². The van der Waals surface area contributed by atoms with Gasteiger partial charge in [-0.3, -0.25) is 14.5 Å². The first-order chi connectivity index (χ1) is 15.5. The summed E-state index contributed by atoms with van der Waals surface area (Å²) in [6.07, 6.45) is 6.01. The average Bonchev–Trinajstić information content (AvgIpc) is 3.28. The van der Waals surface area contributed by atoms with Gasteiger partial charge in [0.1, 0.15) is 5.56 Å². The van der Waals surface area contributed by atoms with Gasteiger partial charge in [-0.05, 0) is 56.8 Å². The minimum Gasteiger partial charge on any atom is -0.346 e. The second-order valence-electron chi connectivity index (χ2n) is 8.96.